The van der Waals surface area contributed by atoms with E-state index in [9.17, 15) is 18.4 Å². The number of hydrogen-bond donors (Lipinski definition) is 0. The lowest BCUT2D eigenvalue weighted by molar-refractivity contribution is -0.132. The molecule has 0 amide bonds. The van der Waals surface area contributed by atoms with Gasteiger partial charge in [-0.25, -0.2) is 18.4 Å². The maximum absolute atomic E-state index is 14.8. The molecule has 0 N–H and O–H groups in total. The van der Waals surface area contributed by atoms with Crippen molar-refractivity contribution in [3.63, 3.8) is 0 Å². The van der Waals surface area contributed by atoms with Gasteiger partial charge in [0.2, 0.25) is 0 Å². The van der Waals surface area contributed by atoms with Crippen LogP contribution in [-0.2, 0) is 14.3 Å². The van der Waals surface area contributed by atoms with E-state index in [0.717, 1.165) is 30.7 Å². The Balaban J connectivity index is 1.75. The molecule has 0 aliphatic carbocycles. The highest BCUT2D eigenvalue weighted by Crippen LogP contribution is 2.31. The lowest BCUT2D eigenvalue weighted by atomic mass is 9.99. The van der Waals surface area contributed by atoms with Gasteiger partial charge in [-0.05, 0) is 47.0 Å². The molecule has 0 aromatic heterocycles. The van der Waals surface area contributed by atoms with Crippen LogP contribution in [0.5, 0.6) is 11.5 Å². The summed E-state index contributed by atoms with van der Waals surface area (Å²) < 4.78 is 43.8. The SMILES string of the molecule is C=CC(=O)O/C=C\Oc1ccc(-c2ccc(-c3ccc(OC(=O)C=C)cc3)cc2F)cc1F. The maximum Gasteiger partial charge on any atom is 0.335 e. The molecule has 0 saturated carbocycles. The van der Waals surface area contributed by atoms with Crippen molar-refractivity contribution in [3.05, 3.63) is 110 Å². The standard InChI is InChI=1S/C26H18F2O5/c1-3-25(29)32-14-13-31-24-12-8-19(16-23(24)28)21-11-7-18(15-22(21)27)17-5-9-20(10-6-17)33-26(30)4-2/h3-16H,1-2H2/b14-13-. The third-order valence-electron chi connectivity index (χ3n) is 4.39. The van der Waals surface area contributed by atoms with Crippen LogP contribution in [0, 0.1) is 11.6 Å². The highest BCUT2D eigenvalue weighted by atomic mass is 19.1. The fourth-order valence-electron chi connectivity index (χ4n) is 2.81. The van der Waals surface area contributed by atoms with Crippen molar-refractivity contribution >= 4 is 11.9 Å². The van der Waals surface area contributed by atoms with E-state index in [1.165, 1.54) is 18.2 Å². The highest BCUT2D eigenvalue weighted by Gasteiger charge is 2.11. The van der Waals surface area contributed by atoms with Gasteiger partial charge in [0.05, 0.1) is 0 Å². The van der Waals surface area contributed by atoms with Gasteiger partial charge in [0.15, 0.2) is 11.6 Å². The van der Waals surface area contributed by atoms with Gasteiger partial charge < -0.3 is 14.2 Å². The van der Waals surface area contributed by atoms with Crippen LogP contribution in [0.1, 0.15) is 0 Å². The van der Waals surface area contributed by atoms with Gasteiger partial charge >= 0.3 is 11.9 Å². The van der Waals surface area contributed by atoms with Crippen LogP contribution in [0.15, 0.2) is 98.5 Å². The molecule has 0 bridgehead atoms. The molecule has 33 heavy (non-hydrogen) atoms. The predicted octanol–water partition coefficient (Wildman–Crippen LogP) is 5.97. The van der Waals surface area contributed by atoms with E-state index in [-0.39, 0.29) is 11.3 Å². The highest BCUT2D eigenvalue weighted by molar-refractivity contribution is 5.83. The Morgan fingerprint density at radius 3 is 2.00 bits per heavy atom. The first-order chi connectivity index (χ1) is 15.9. The minimum Gasteiger partial charge on any atom is -0.459 e. The van der Waals surface area contributed by atoms with Crippen molar-refractivity contribution in [3.8, 4) is 33.8 Å². The summed E-state index contributed by atoms with van der Waals surface area (Å²) in [5, 5.41) is 0. The van der Waals surface area contributed by atoms with Crippen LogP contribution in [0.3, 0.4) is 0 Å². The Morgan fingerprint density at radius 1 is 0.727 bits per heavy atom. The molecule has 0 heterocycles. The zero-order valence-electron chi connectivity index (χ0n) is 17.3. The Bertz CT molecular complexity index is 1230. The fourth-order valence-corrected chi connectivity index (χ4v) is 2.81. The van der Waals surface area contributed by atoms with Crippen LogP contribution in [0.2, 0.25) is 0 Å². The zero-order chi connectivity index (χ0) is 23.8. The first kappa shape index (κ1) is 23.1. The summed E-state index contributed by atoms with van der Waals surface area (Å²) in [6, 6.07) is 15.1. The van der Waals surface area contributed by atoms with E-state index >= 15 is 0 Å². The van der Waals surface area contributed by atoms with Crippen LogP contribution in [0.25, 0.3) is 22.3 Å². The summed E-state index contributed by atoms with van der Waals surface area (Å²) in [4.78, 5) is 22.2. The number of esters is 2. The minimum absolute atomic E-state index is 0.126. The second kappa shape index (κ2) is 10.7. The van der Waals surface area contributed by atoms with Crippen molar-refractivity contribution in [1.82, 2.24) is 0 Å². The molecule has 0 radical (unpaired) electrons. The van der Waals surface area contributed by atoms with Crippen molar-refractivity contribution in [2.24, 2.45) is 0 Å². The minimum atomic E-state index is -0.722. The first-order valence-corrected chi connectivity index (χ1v) is 9.60. The van der Waals surface area contributed by atoms with E-state index in [1.807, 2.05) is 0 Å². The molecule has 0 aliphatic heterocycles. The first-order valence-electron chi connectivity index (χ1n) is 9.60. The van der Waals surface area contributed by atoms with Gasteiger partial charge in [0.25, 0.3) is 0 Å². The van der Waals surface area contributed by atoms with Gasteiger partial charge in [-0.3, -0.25) is 0 Å². The molecule has 7 heteroatoms. The number of carbonyl (C=O) groups excluding carboxylic acids is 2. The van der Waals surface area contributed by atoms with Crippen LogP contribution < -0.4 is 9.47 Å². The van der Waals surface area contributed by atoms with Gasteiger partial charge in [-0.15, -0.1) is 0 Å². The molecule has 3 aromatic rings. The van der Waals surface area contributed by atoms with E-state index in [1.54, 1.807) is 36.4 Å². The van der Waals surface area contributed by atoms with Crippen LogP contribution in [0.4, 0.5) is 8.78 Å². The topological polar surface area (TPSA) is 61.8 Å². The Labute approximate surface area is 188 Å². The summed E-state index contributed by atoms with van der Waals surface area (Å²) in [6.07, 6.45) is 3.97. The molecule has 3 aromatic carbocycles. The molecule has 5 nitrogen and oxygen atoms in total. The molecule has 0 spiro atoms. The second-order valence-electron chi connectivity index (χ2n) is 6.52. The summed E-state index contributed by atoms with van der Waals surface area (Å²) in [6.45, 7) is 6.57. The maximum atomic E-state index is 14.8. The summed E-state index contributed by atoms with van der Waals surface area (Å²) in [5.41, 5.74) is 1.82. The summed E-state index contributed by atoms with van der Waals surface area (Å²) in [5.74, 6) is -2.31. The van der Waals surface area contributed by atoms with Crippen molar-refractivity contribution in [1.29, 1.82) is 0 Å². The van der Waals surface area contributed by atoms with E-state index in [4.69, 9.17) is 9.47 Å². The average Bonchev–Trinajstić information content (AvgIpc) is 2.82. The molecular formula is C26H18F2O5. The molecular weight excluding hydrogens is 430 g/mol. The molecule has 0 aliphatic rings. The molecule has 0 saturated heterocycles. The predicted molar refractivity (Wildman–Crippen MR) is 119 cm³/mol. The Kier molecular flexibility index (Phi) is 7.49. The number of halogens is 2. The monoisotopic (exact) mass is 448 g/mol. The Hall–Kier alpha value is -4.52. The molecule has 166 valence electrons. The van der Waals surface area contributed by atoms with Gasteiger partial charge in [-0.2, -0.15) is 0 Å². The second-order valence-corrected chi connectivity index (χ2v) is 6.52. The van der Waals surface area contributed by atoms with E-state index < -0.39 is 23.6 Å². The fraction of sp³-hybridized carbons (Fsp3) is 0. The number of carbonyl (C=O) groups is 2. The Morgan fingerprint density at radius 2 is 1.36 bits per heavy atom. The number of rotatable bonds is 8. The van der Waals surface area contributed by atoms with Crippen LogP contribution >= 0.6 is 0 Å². The zero-order valence-corrected chi connectivity index (χ0v) is 17.3. The average molecular weight is 448 g/mol. The molecule has 0 fully saturated rings. The number of hydrogen-bond acceptors (Lipinski definition) is 5. The van der Waals surface area contributed by atoms with Gasteiger partial charge in [-0.1, -0.05) is 43.5 Å². The van der Waals surface area contributed by atoms with E-state index in [2.05, 4.69) is 17.9 Å². The van der Waals surface area contributed by atoms with Crippen molar-refractivity contribution in [2.75, 3.05) is 0 Å². The third kappa shape index (κ3) is 6.01. The lowest BCUT2D eigenvalue weighted by Gasteiger charge is -2.09. The molecule has 0 atom stereocenters. The van der Waals surface area contributed by atoms with Crippen LogP contribution in [-0.4, -0.2) is 11.9 Å². The summed E-state index contributed by atoms with van der Waals surface area (Å²) >= 11 is 0. The van der Waals surface area contributed by atoms with Crippen molar-refractivity contribution < 1.29 is 32.6 Å². The lowest BCUT2D eigenvalue weighted by Crippen LogP contribution is -2.02. The molecule has 0 unspecified atom stereocenters. The smallest absolute Gasteiger partial charge is 0.335 e. The van der Waals surface area contributed by atoms with Gasteiger partial charge in [0, 0.05) is 17.7 Å². The normalized spacial score (nSPS) is 10.5. The third-order valence-corrected chi connectivity index (χ3v) is 4.39. The van der Waals surface area contributed by atoms with E-state index in [0.29, 0.717) is 22.4 Å². The number of ether oxygens (including phenoxy) is 3. The molecule has 3 rings (SSSR count). The van der Waals surface area contributed by atoms with Crippen molar-refractivity contribution in [2.45, 2.75) is 0 Å². The summed E-state index contributed by atoms with van der Waals surface area (Å²) in [7, 11) is 0. The number of benzene rings is 3. The largest absolute Gasteiger partial charge is 0.459 e. The van der Waals surface area contributed by atoms with Gasteiger partial charge in [0.1, 0.15) is 24.1 Å². The quantitative estimate of drug-likeness (QED) is 0.184.